The minimum Gasteiger partial charge on any atom is -0.363 e. The highest BCUT2D eigenvalue weighted by Crippen LogP contribution is 2.37. The molecule has 1 aliphatic heterocycles. The summed E-state index contributed by atoms with van der Waals surface area (Å²) in [6.45, 7) is 3.94. The molecule has 0 spiro atoms. The fourth-order valence-corrected chi connectivity index (χ4v) is 4.03. The second-order valence-electron chi connectivity index (χ2n) is 4.89. The standard InChI is InChI=1S/C16H18N2S2/c1-2-17-16(19)18-10-8-14-13(9-11-20-14)15(18)12-6-4-3-5-7-12/h3-7,9,11,15H,2,8,10H2,1H3,(H,17,19)/t15-/m0/s1. The van der Waals surface area contributed by atoms with Crippen LogP contribution in [0.4, 0.5) is 0 Å². The minimum absolute atomic E-state index is 0.248. The van der Waals surface area contributed by atoms with Crippen LogP contribution in [0.25, 0.3) is 0 Å². The predicted molar refractivity (Wildman–Crippen MR) is 89.3 cm³/mol. The van der Waals surface area contributed by atoms with Gasteiger partial charge in [0.05, 0.1) is 6.04 Å². The maximum atomic E-state index is 5.57. The Hall–Kier alpha value is -1.39. The van der Waals surface area contributed by atoms with E-state index in [1.165, 1.54) is 16.0 Å². The molecule has 3 rings (SSSR count). The molecule has 1 N–H and O–H groups in total. The lowest BCUT2D eigenvalue weighted by molar-refractivity contribution is 0.337. The first-order valence-electron chi connectivity index (χ1n) is 6.97. The Bertz CT molecular complexity index is 592. The lowest BCUT2D eigenvalue weighted by Crippen LogP contribution is -2.45. The van der Waals surface area contributed by atoms with Crippen LogP contribution in [-0.2, 0) is 6.42 Å². The number of nitrogens with zero attached hydrogens (tertiary/aromatic N) is 1. The molecule has 1 aromatic carbocycles. The van der Waals surface area contributed by atoms with Crippen molar-refractivity contribution in [3.05, 3.63) is 57.8 Å². The minimum atomic E-state index is 0.248. The maximum absolute atomic E-state index is 5.57. The van der Waals surface area contributed by atoms with Gasteiger partial charge in [0.25, 0.3) is 0 Å². The van der Waals surface area contributed by atoms with E-state index in [1.807, 2.05) is 11.3 Å². The Morgan fingerprint density at radius 3 is 2.90 bits per heavy atom. The van der Waals surface area contributed by atoms with Gasteiger partial charge >= 0.3 is 0 Å². The Morgan fingerprint density at radius 1 is 1.35 bits per heavy atom. The molecule has 2 heterocycles. The van der Waals surface area contributed by atoms with Gasteiger partial charge in [0.2, 0.25) is 0 Å². The van der Waals surface area contributed by atoms with Gasteiger partial charge in [-0.05, 0) is 48.1 Å². The van der Waals surface area contributed by atoms with Crippen molar-refractivity contribution in [3.63, 3.8) is 0 Å². The van der Waals surface area contributed by atoms with Crippen molar-refractivity contribution >= 4 is 28.7 Å². The SMILES string of the molecule is CCNC(=S)N1CCc2sccc2[C@@H]1c1ccccc1. The second-order valence-corrected chi connectivity index (χ2v) is 6.28. The fraction of sp³-hybridized carbons (Fsp3) is 0.312. The molecule has 0 saturated carbocycles. The molecule has 0 aliphatic carbocycles. The average molecular weight is 302 g/mol. The van der Waals surface area contributed by atoms with Crippen LogP contribution in [0.15, 0.2) is 41.8 Å². The van der Waals surface area contributed by atoms with E-state index in [9.17, 15) is 0 Å². The lowest BCUT2D eigenvalue weighted by atomic mass is 9.94. The third-order valence-electron chi connectivity index (χ3n) is 3.67. The molecule has 0 saturated heterocycles. The summed E-state index contributed by atoms with van der Waals surface area (Å²) >= 11 is 7.43. The lowest BCUT2D eigenvalue weighted by Gasteiger charge is -2.38. The van der Waals surface area contributed by atoms with Crippen molar-refractivity contribution in [3.8, 4) is 0 Å². The van der Waals surface area contributed by atoms with E-state index in [0.717, 1.165) is 24.6 Å². The van der Waals surface area contributed by atoms with Crippen LogP contribution < -0.4 is 5.32 Å². The Kier molecular flexibility index (Phi) is 4.03. The summed E-state index contributed by atoms with van der Waals surface area (Å²) in [6, 6.07) is 13.1. The third kappa shape index (κ3) is 2.45. The summed E-state index contributed by atoms with van der Waals surface area (Å²) in [5.41, 5.74) is 2.72. The largest absolute Gasteiger partial charge is 0.363 e. The molecular formula is C16H18N2S2. The van der Waals surface area contributed by atoms with E-state index in [1.54, 1.807) is 0 Å². The Labute approximate surface area is 129 Å². The topological polar surface area (TPSA) is 15.3 Å². The summed E-state index contributed by atoms with van der Waals surface area (Å²) in [5.74, 6) is 0. The average Bonchev–Trinajstić information content (AvgIpc) is 2.95. The highest BCUT2D eigenvalue weighted by molar-refractivity contribution is 7.80. The van der Waals surface area contributed by atoms with E-state index in [2.05, 4.69) is 58.9 Å². The third-order valence-corrected chi connectivity index (χ3v) is 5.05. The van der Waals surface area contributed by atoms with E-state index in [4.69, 9.17) is 12.2 Å². The van der Waals surface area contributed by atoms with Crippen LogP contribution in [0.1, 0.15) is 29.0 Å². The smallest absolute Gasteiger partial charge is 0.169 e. The number of thiocarbonyl (C=S) groups is 1. The van der Waals surface area contributed by atoms with Gasteiger partial charge in [0.15, 0.2) is 5.11 Å². The summed E-state index contributed by atoms with van der Waals surface area (Å²) in [4.78, 5) is 3.82. The van der Waals surface area contributed by atoms with Crippen LogP contribution in [0.2, 0.25) is 0 Å². The van der Waals surface area contributed by atoms with Crippen LogP contribution in [0, 0.1) is 0 Å². The molecule has 20 heavy (non-hydrogen) atoms. The van der Waals surface area contributed by atoms with Crippen molar-refractivity contribution in [2.75, 3.05) is 13.1 Å². The van der Waals surface area contributed by atoms with Crippen LogP contribution in [0.5, 0.6) is 0 Å². The molecule has 2 aromatic rings. The van der Waals surface area contributed by atoms with Crippen molar-refractivity contribution in [2.24, 2.45) is 0 Å². The predicted octanol–water partition coefficient (Wildman–Crippen LogP) is 3.59. The van der Waals surface area contributed by atoms with Crippen LogP contribution in [0.3, 0.4) is 0 Å². The maximum Gasteiger partial charge on any atom is 0.169 e. The highest BCUT2D eigenvalue weighted by Gasteiger charge is 2.30. The number of nitrogens with one attached hydrogen (secondary N) is 1. The second kappa shape index (κ2) is 5.94. The molecule has 104 valence electrons. The number of fused-ring (bicyclic) bond motifs is 1. The van der Waals surface area contributed by atoms with Gasteiger partial charge in [-0.3, -0.25) is 0 Å². The highest BCUT2D eigenvalue weighted by atomic mass is 32.1. The van der Waals surface area contributed by atoms with Gasteiger partial charge in [-0.2, -0.15) is 0 Å². The number of rotatable bonds is 2. The zero-order valence-corrected chi connectivity index (χ0v) is 13.1. The van der Waals surface area contributed by atoms with Gasteiger partial charge in [-0.25, -0.2) is 0 Å². The molecule has 0 radical (unpaired) electrons. The summed E-state index contributed by atoms with van der Waals surface area (Å²) in [7, 11) is 0. The molecule has 0 amide bonds. The zero-order chi connectivity index (χ0) is 13.9. The molecule has 0 fully saturated rings. The molecule has 1 aromatic heterocycles. The molecule has 2 nitrogen and oxygen atoms in total. The monoisotopic (exact) mass is 302 g/mol. The Morgan fingerprint density at radius 2 is 2.15 bits per heavy atom. The van der Waals surface area contributed by atoms with E-state index in [0.29, 0.717) is 0 Å². The van der Waals surface area contributed by atoms with Gasteiger partial charge < -0.3 is 10.2 Å². The summed E-state index contributed by atoms with van der Waals surface area (Å²) in [5, 5.41) is 6.35. The number of benzene rings is 1. The molecule has 1 aliphatic rings. The molecule has 1 atom stereocenters. The van der Waals surface area contributed by atoms with Crippen molar-refractivity contribution < 1.29 is 0 Å². The normalized spacial score (nSPS) is 17.6. The Balaban J connectivity index is 2.01. The van der Waals surface area contributed by atoms with Crippen molar-refractivity contribution in [1.82, 2.24) is 10.2 Å². The molecule has 4 heteroatoms. The first kappa shape index (κ1) is 13.6. The number of thiophene rings is 1. The van der Waals surface area contributed by atoms with E-state index in [-0.39, 0.29) is 6.04 Å². The molecule has 0 bridgehead atoms. The van der Waals surface area contributed by atoms with Crippen LogP contribution >= 0.6 is 23.6 Å². The first-order valence-corrected chi connectivity index (χ1v) is 8.25. The van der Waals surface area contributed by atoms with Gasteiger partial charge in [0, 0.05) is 18.0 Å². The molecule has 0 unspecified atom stereocenters. The molecular weight excluding hydrogens is 284 g/mol. The van der Waals surface area contributed by atoms with Gasteiger partial charge in [-0.1, -0.05) is 30.3 Å². The number of hydrogen-bond acceptors (Lipinski definition) is 2. The summed E-state index contributed by atoms with van der Waals surface area (Å²) < 4.78 is 0. The van der Waals surface area contributed by atoms with E-state index < -0.39 is 0 Å². The zero-order valence-electron chi connectivity index (χ0n) is 11.5. The quantitative estimate of drug-likeness (QED) is 0.854. The van der Waals surface area contributed by atoms with Crippen molar-refractivity contribution in [1.29, 1.82) is 0 Å². The number of hydrogen-bond donors (Lipinski definition) is 1. The van der Waals surface area contributed by atoms with Crippen LogP contribution in [-0.4, -0.2) is 23.1 Å². The van der Waals surface area contributed by atoms with Gasteiger partial charge in [-0.15, -0.1) is 11.3 Å². The fourth-order valence-electron chi connectivity index (χ4n) is 2.78. The van der Waals surface area contributed by atoms with Gasteiger partial charge in [0.1, 0.15) is 0 Å². The van der Waals surface area contributed by atoms with Crippen molar-refractivity contribution in [2.45, 2.75) is 19.4 Å². The first-order chi connectivity index (χ1) is 9.81. The van der Waals surface area contributed by atoms with E-state index >= 15 is 0 Å². The summed E-state index contributed by atoms with van der Waals surface area (Å²) in [6.07, 6.45) is 1.09.